The maximum atomic E-state index is 11.6. The Morgan fingerprint density at radius 2 is 1.74 bits per heavy atom. The molecular formula is C16H11N5O6. The molecule has 0 aliphatic rings. The molecule has 3 aromatic rings. The minimum atomic E-state index is -1.11. The van der Waals surface area contributed by atoms with Gasteiger partial charge in [0.05, 0.1) is 15.5 Å². The number of hydrogen-bond donors (Lipinski definition) is 2. The van der Waals surface area contributed by atoms with Crippen LogP contribution in [0.3, 0.4) is 0 Å². The molecule has 2 N–H and O–H groups in total. The van der Waals surface area contributed by atoms with Crippen LogP contribution in [-0.4, -0.2) is 24.4 Å². The van der Waals surface area contributed by atoms with E-state index in [1.54, 1.807) is 33.9 Å². The smallest absolute Gasteiger partial charge is 0.317 e. The number of rotatable bonds is 5. The molecule has 0 unspecified atom stereocenters. The maximum absolute atomic E-state index is 11.6. The molecule has 2 aromatic heterocycles. The van der Waals surface area contributed by atoms with Crippen LogP contribution in [0.4, 0.5) is 11.4 Å². The van der Waals surface area contributed by atoms with Gasteiger partial charge in [0.25, 0.3) is 5.69 Å². The number of H-pyrrole nitrogens is 2. The van der Waals surface area contributed by atoms with Crippen LogP contribution in [0.15, 0.2) is 52.2 Å². The molecule has 3 rings (SSSR count). The van der Waals surface area contributed by atoms with E-state index in [1.165, 1.54) is 30.4 Å². The van der Waals surface area contributed by atoms with Crippen molar-refractivity contribution >= 4 is 23.5 Å². The van der Waals surface area contributed by atoms with Gasteiger partial charge in [-0.1, -0.05) is 6.07 Å². The van der Waals surface area contributed by atoms with Crippen molar-refractivity contribution in [3.05, 3.63) is 95.0 Å². The maximum Gasteiger partial charge on any atom is 0.357 e. The zero-order valence-electron chi connectivity index (χ0n) is 13.5. The van der Waals surface area contributed by atoms with Crippen molar-refractivity contribution in [3.8, 4) is 5.69 Å². The summed E-state index contributed by atoms with van der Waals surface area (Å²) in [7, 11) is 0. The second kappa shape index (κ2) is 6.92. The first-order valence-corrected chi connectivity index (χ1v) is 7.48. The van der Waals surface area contributed by atoms with Crippen LogP contribution in [0.25, 0.3) is 17.8 Å². The van der Waals surface area contributed by atoms with Crippen molar-refractivity contribution in [3.63, 3.8) is 0 Å². The second-order valence-corrected chi connectivity index (χ2v) is 5.34. The second-order valence-electron chi connectivity index (χ2n) is 5.34. The van der Waals surface area contributed by atoms with Crippen molar-refractivity contribution < 1.29 is 9.85 Å². The highest BCUT2D eigenvalue weighted by molar-refractivity contribution is 5.71. The summed E-state index contributed by atoms with van der Waals surface area (Å²) in [6.45, 7) is 0. The molecule has 0 saturated carbocycles. The topological polar surface area (TPSA) is 157 Å². The van der Waals surface area contributed by atoms with Crippen LogP contribution in [0, 0.1) is 20.2 Å². The van der Waals surface area contributed by atoms with E-state index in [2.05, 4.69) is 4.98 Å². The normalized spacial score (nSPS) is 11.0. The highest BCUT2D eigenvalue weighted by Crippen LogP contribution is 2.20. The Labute approximate surface area is 149 Å². The van der Waals surface area contributed by atoms with Crippen LogP contribution in [-0.2, 0) is 0 Å². The van der Waals surface area contributed by atoms with E-state index in [0.29, 0.717) is 11.4 Å². The van der Waals surface area contributed by atoms with E-state index in [-0.39, 0.29) is 11.4 Å². The lowest BCUT2D eigenvalue weighted by molar-refractivity contribution is -0.386. The van der Waals surface area contributed by atoms with E-state index in [9.17, 15) is 29.8 Å². The van der Waals surface area contributed by atoms with E-state index < -0.39 is 26.8 Å². The van der Waals surface area contributed by atoms with E-state index in [1.807, 2.05) is 0 Å². The summed E-state index contributed by atoms with van der Waals surface area (Å²) in [5.41, 5.74) is -2.11. The van der Waals surface area contributed by atoms with Crippen LogP contribution < -0.4 is 11.2 Å². The van der Waals surface area contributed by atoms with Gasteiger partial charge >= 0.3 is 16.9 Å². The molecule has 0 amide bonds. The van der Waals surface area contributed by atoms with Crippen molar-refractivity contribution in [2.45, 2.75) is 0 Å². The minimum Gasteiger partial charge on any atom is -0.317 e. The molecule has 136 valence electrons. The molecule has 0 aliphatic heterocycles. The predicted molar refractivity (Wildman–Crippen MR) is 95.7 cm³/mol. The van der Waals surface area contributed by atoms with Crippen LogP contribution in [0.5, 0.6) is 0 Å². The lowest BCUT2D eigenvalue weighted by atomic mass is 10.2. The van der Waals surface area contributed by atoms with Gasteiger partial charge in [-0.05, 0) is 30.4 Å². The van der Waals surface area contributed by atoms with E-state index in [4.69, 9.17) is 0 Å². The summed E-state index contributed by atoms with van der Waals surface area (Å²) in [5.74, 6) is 0. The van der Waals surface area contributed by atoms with Gasteiger partial charge in [-0.15, -0.1) is 0 Å². The number of aromatic nitrogens is 3. The minimum absolute atomic E-state index is 0.0920. The lowest BCUT2D eigenvalue weighted by Crippen LogP contribution is -2.25. The molecule has 11 nitrogen and oxygen atoms in total. The number of nitrogens with one attached hydrogen (secondary N) is 2. The fraction of sp³-hybridized carbons (Fsp3) is 0. The Balaban J connectivity index is 2.05. The van der Waals surface area contributed by atoms with Gasteiger partial charge in [0.2, 0.25) is 0 Å². The number of aromatic amines is 2. The van der Waals surface area contributed by atoms with Crippen molar-refractivity contribution in [2.24, 2.45) is 0 Å². The van der Waals surface area contributed by atoms with Gasteiger partial charge in [0.15, 0.2) is 0 Å². The third kappa shape index (κ3) is 3.56. The molecule has 2 heterocycles. The number of nitrogens with zero attached hydrogens (tertiary/aromatic N) is 3. The summed E-state index contributed by atoms with van der Waals surface area (Å²) in [5, 5.41) is 22.0. The summed E-state index contributed by atoms with van der Waals surface area (Å²) in [6, 6.07) is 9.24. The van der Waals surface area contributed by atoms with E-state index in [0.717, 1.165) is 0 Å². The Morgan fingerprint density at radius 1 is 0.963 bits per heavy atom. The fourth-order valence-electron chi connectivity index (χ4n) is 2.49. The number of non-ortho nitro benzene ring substituents is 1. The lowest BCUT2D eigenvalue weighted by Gasteiger charge is -2.06. The summed E-state index contributed by atoms with van der Waals surface area (Å²) >= 11 is 0. The number of nitro benzene ring substituents is 1. The van der Waals surface area contributed by atoms with Crippen LogP contribution >= 0.6 is 0 Å². The molecule has 0 bridgehead atoms. The quantitative estimate of drug-likeness (QED) is 0.516. The first kappa shape index (κ1) is 17.5. The van der Waals surface area contributed by atoms with Crippen molar-refractivity contribution in [1.29, 1.82) is 0 Å². The van der Waals surface area contributed by atoms with Gasteiger partial charge in [-0.2, -0.15) is 0 Å². The Kier molecular flexibility index (Phi) is 4.49. The van der Waals surface area contributed by atoms with Crippen LogP contribution in [0.1, 0.15) is 11.4 Å². The largest absolute Gasteiger partial charge is 0.357 e. The Bertz CT molecular complexity index is 1190. The zero-order valence-corrected chi connectivity index (χ0v) is 13.5. The monoisotopic (exact) mass is 369 g/mol. The standard InChI is InChI=1S/C16H11N5O6/c22-15-14(21(26)27)13(17-16(23)18-15)7-6-10-5-2-8-19(10)11-3-1-4-12(9-11)20(24)25/h1-9H,(H2,17,18,22,23)/b7-6+. The summed E-state index contributed by atoms with van der Waals surface area (Å²) in [6.07, 6.45) is 4.31. The number of nitro groups is 2. The highest BCUT2D eigenvalue weighted by atomic mass is 16.6. The predicted octanol–water partition coefficient (Wildman–Crippen LogP) is 1.84. The zero-order chi connectivity index (χ0) is 19.6. The SMILES string of the molecule is O=c1[nH]c(/C=C/c2cccn2-c2cccc([N+](=O)[O-])c2)c([N+](=O)[O-])c(=O)[nH]1. The van der Waals surface area contributed by atoms with Crippen molar-refractivity contribution in [1.82, 2.24) is 14.5 Å². The molecule has 0 fully saturated rings. The number of hydrogen-bond acceptors (Lipinski definition) is 6. The molecule has 0 spiro atoms. The fourth-order valence-corrected chi connectivity index (χ4v) is 2.49. The molecule has 27 heavy (non-hydrogen) atoms. The first-order valence-electron chi connectivity index (χ1n) is 7.48. The van der Waals surface area contributed by atoms with Gasteiger partial charge in [0.1, 0.15) is 5.69 Å². The average molecular weight is 369 g/mol. The third-order valence-corrected chi connectivity index (χ3v) is 3.65. The first-order chi connectivity index (χ1) is 12.9. The van der Waals surface area contributed by atoms with Gasteiger partial charge in [-0.25, -0.2) is 4.79 Å². The van der Waals surface area contributed by atoms with Crippen molar-refractivity contribution in [2.75, 3.05) is 0 Å². The Hall–Kier alpha value is -4.28. The highest BCUT2D eigenvalue weighted by Gasteiger charge is 2.19. The van der Waals surface area contributed by atoms with Gasteiger partial charge in [-0.3, -0.25) is 30.0 Å². The molecule has 0 saturated heterocycles. The average Bonchev–Trinajstić information content (AvgIpc) is 3.07. The summed E-state index contributed by atoms with van der Waals surface area (Å²) < 4.78 is 1.61. The number of benzene rings is 1. The molecular weight excluding hydrogens is 358 g/mol. The summed E-state index contributed by atoms with van der Waals surface area (Å²) in [4.78, 5) is 47.6. The molecule has 1 aromatic carbocycles. The van der Waals surface area contributed by atoms with E-state index >= 15 is 0 Å². The van der Waals surface area contributed by atoms with Crippen LogP contribution in [0.2, 0.25) is 0 Å². The molecule has 0 radical (unpaired) electrons. The molecule has 0 aliphatic carbocycles. The molecule has 0 atom stereocenters. The third-order valence-electron chi connectivity index (χ3n) is 3.65. The van der Waals surface area contributed by atoms with Gasteiger partial charge in [0, 0.05) is 24.0 Å². The molecule has 11 heteroatoms. The van der Waals surface area contributed by atoms with Gasteiger partial charge < -0.3 is 9.55 Å². The Morgan fingerprint density at radius 3 is 2.44 bits per heavy atom.